The topological polar surface area (TPSA) is 18.5 Å². The highest BCUT2D eigenvalue weighted by molar-refractivity contribution is 6.46. The molecular weight excluding hydrogens is 223 g/mol. The average molecular weight is 250 g/mol. The highest BCUT2D eigenvalue weighted by atomic mass is 16.7. The van der Waals surface area contributed by atoms with Crippen molar-refractivity contribution in [1.29, 1.82) is 0 Å². The lowest BCUT2D eigenvalue weighted by Gasteiger charge is -2.32. The van der Waals surface area contributed by atoms with Crippen molar-refractivity contribution in [2.24, 2.45) is 0 Å². The molecule has 0 amide bonds. The molecule has 1 aliphatic heterocycles. The van der Waals surface area contributed by atoms with Crippen molar-refractivity contribution in [1.82, 2.24) is 0 Å². The molecule has 1 heterocycles. The highest BCUT2D eigenvalue weighted by Gasteiger charge is 2.50. The molecule has 102 valence electrons. The van der Waals surface area contributed by atoms with Gasteiger partial charge >= 0.3 is 7.12 Å². The Morgan fingerprint density at radius 1 is 0.944 bits per heavy atom. The zero-order valence-electron chi connectivity index (χ0n) is 12.4. The van der Waals surface area contributed by atoms with E-state index in [0.717, 1.165) is 6.32 Å². The van der Waals surface area contributed by atoms with Crippen molar-refractivity contribution in [3.05, 3.63) is 11.6 Å². The Morgan fingerprint density at radius 3 is 1.94 bits per heavy atom. The summed E-state index contributed by atoms with van der Waals surface area (Å²) < 4.78 is 12.0. The summed E-state index contributed by atoms with van der Waals surface area (Å²) >= 11 is 0. The zero-order chi connectivity index (χ0) is 13.2. The van der Waals surface area contributed by atoms with Gasteiger partial charge in [-0.25, -0.2) is 0 Å². The number of hydrogen-bond acceptors (Lipinski definition) is 2. The van der Waals surface area contributed by atoms with E-state index in [1.807, 2.05) is 0 Å². The van der Waals surface area contributed by atoms with Crippen molar-refractivity contribution >= 4 is 7.12 Å². The van der Waals surface area contributed by atoms with Gasteiger partial charge in [0.1, 0.15) is 0 Å². The summed E-state index contributed by atoms with van der Waals surface area (Å²) in [5.74, 6) is 0. The number of allylic oxidation sites excluding steroid dienone is 2. The summed E-state index contributed by atoms with van der Waals surface area (Å²) in [5, 5.41) is 0. The minimum Gasteiger partial charge on any atom is -0.403 e. The fraction of sp³-hybridized carbons (Fsp3) is 0.867. The molecule has 0 spiro atoms. The molecule has 18 heavy (non-hydrogen) atoms. The third kappa shape index (κ3) is 3.18. The Kier molecular flexibility index (Phi) is 4.23. The van der Waals surface area contributed by atoms with Crippen LogP contribution < -0.4 is 0 Å². The van der Waals surface area contributed by atoms with Crippen LogP contribution in [-0.4, -0.2) is 18.3 Å². The Labute approximate surface area is 112 Å². The summed E-state index contributed by atoms with van der Waals surface area (Å²) in [6.45, 7) is 8.47. The van der Waals surface area contributed by atoms with Crippen LogP contribution >= 0.6 is 0 Å². The van der Waals surface area contributed by atoms with Gasteiger partial charge in [-0.2, -0.15) is 0 Å². The van der Waals surface area contributed by atoms with Gasteiger partial charge in [-0.3, -0.25) is 0 Å². The largest absolute Gasteiger partial charge is 0.461 e. The lowest BCUT2D eigenvalue weighted by Crippen LogP contribution is -2.41. The average Bonchev–Trinajstić information content (AvgIpc) is 2.49. The molecule has 2 nitrogen and oxygen atoms in total. The van der Waals surface area contributed by atoms with E-state index >= 15 is 0 Å². The Hall–Kier alpha value is -0.275. The fourth-order valence-electron chi connectivity index (χ4n) is 2.71. The fourth-order valence-corrected chi connectivity index (χ4v) is 2.71. The van der Waals surface area contributed by atoms with Crippen LogP contribution in [0, 0.1) is 0 Å². The number of hydrogen-bond donors (Lipinski definition) is 0. The Bertz CT molecular complexity index is 294. The second kappa shape index (κ2) is 5.38. The highest BCUT2D eigenvalue weighted by Crippen LogP contribution is 2.38. The minimum absolute atomic E-state index is 0.0641. The molecule has 0 unspecified atom stereocenters. The summed E-state index contributed by atoms with van der Waals surface area (Å²) in [5.41, 5.74) is 1.22. The third-order valence-electron chi connectivity index (χ3n) is 4.65. The standard InChI is InChI=1S/C15H27BO2/c1-14(2)15(3,4)18-16(17-14)12-11-13-9-7-5-6-8-10-13/h11H,5-10,12H2,1-4H3. The molecule has 3 heteroatoms. The molecule has 0 aromatic rings. The molecule has 1 saturated heterocycles. The van der Waals surface area contributed by atoms with E-state index in [0.29, 0.717) is 0 Å². The summed E-state index contributed by atoms with van der Waals surface area (Å²) in [6.07, 6.45) is 11.3. The van der Waals surface area contributed by atoms with Crippen LogP contribution in [0.2, 0.25) is 6.32 Å². The molecule has 0 bridgehead atoms. The monoisotopic (exact) mass is 250 g/mol. The molecule has 1 saturated carbocycles. The van der Waals surface area contributed by atoms with Crippen LogP contribution in [-0.2, 0) is 9.31 Å². The predicted molar refractivity (Wildman–Crippen MR) is 76.7 cm³/mol. The van der Waals surface area contributed by atoms with Gasteiger partial charge in [0.2, 0.25) is 0 Å². The maximum absolute atomic E-state index is 6.02. The van der Waals surface area contributed by atoms with Gasteiger partial charge < -0.3 is 9.31 Å². The Morgan fingerprint density at radius 2 is 1.44 bits per heavy atom. The molecule has 0 N–H and O–H groups in total. The van der Waals surface area contributed by atoms with Crippen LogP contribution in [0.4, 0.5) is 0 Å². The van der Waals surface area contributed by atoms with Gasteiger partial charge in [-0.15, -0.1) is 0 Å². The number of rotatable bonds is 2. The van der Waals surface area contributed by atoms with Gasteiger partial charge in [0, 0.05) is 6.32 Å². The first-order valence-corrected chi connectivity index (χ1v) is 7.44. The molecule has 1 aliphatic carbocycles. The molecular formula is C15H27BO2. The first kappa shape index (κ1) is 14.1. The smallest absolute Gasteiger partial charge is 0.403 e. The van der Waals surface area contributed by atoms with Crippen LogP contribution in [0.25, 0.3) is 0 Å². The normalized spacial score (nSPS) is 27.1. The van der Waals surface area contributed by atoms with Gasteiger partial charge in [0.15, 0.2) is 0 Å². The van der Waals surface area contributed by atoms with Crippen molar-refractivity contribution in [3.8, 4) is 0 Å². The van der Waals surface area contributed by atoms with Gasteiger partial charge in [-0.1, -0.05) is 24.5 Å². The van der Waals surface area contributed by atoms with E-state index < -0.39 is 0 Å². The van der Waals surface area contributed by atoms with E-state index in [4.69, 9.17) is 9.31 Å². The third-order valence-corrected chi connectivity index (χ3v) is 4.65. The lowest BCUT2D eigenvalue weighted by molar-refractivity contribution is 0.00578. The Balaban J connectivity index is 1.89. The lowest BCUT2D eigenvalue weighted by atomic mass is 9.83. The molecule has 0 atom stereocenters. The summed E-state index contributed by atoms with van der Waals surface area (Å²) in [6, 6.07) is 0. The molecule has 2 aliphatic rings. The van der Waals surface area contributed by atoms with Crippen molar-refractivity contribution in [2.75, 3.05) is 0 Å². The second-order valence-electron chi connectivity index (χ2n) is 6.70. The van der Waals surface area contributed by atoms with Crippen LogP contribution in [0.3, 0.4) is 0 Å². The van der Waals surface area contributed by atoms with Crippen LogP contribution in [0.5, 0.6) is 0 Å². The predicted octanol–water partition coefficient (Wildman–Crippen LogP) is 4.36. The first-order valence-electron chi connectivity index (χ1n) is 7.44. The van der Waals surface area contributed by atoms with Gasteiger partial charge in [0.05, 0.1) is 11.2 Å². The van der Waals surface area contributed by atoms with Crippen LogP contribution in [0.15, 0.2) is 11.6 Å². The minimum atomic E-state index is -0.195. The maximum atomic E-state index is 6.02. The van der Waals surface area contributed by atoms with E-state index in [-0.39, 0.29) is 18.3 Å². The van der Waals surface area contributed by atoms with E-state index in [1.165, 1.54) is 38.5 Å². The maximum Gasteiger partial charge on any atom is 0.461 e. The van der Waals surface area contributed by atoms with Gasteiger partial charge in [0.25, 0.3) is 0 Å². The quantitative estimate of drug-likeness (QED) is 0.412. The van der Waals surface area contributed by atoms with Crippen molar-refractivity contribution < 1.29 is 9.31 Å². The molecule has 0 aromatic carbocycles. The van der Waals surface area contributed by atoms with Crippen LogP contribution in [0.1, 0.15) is 66.2 Å². The zero-order valence-corrected chi connectivity index (χ0v) is 12.4. The SMILES string of the molecule is CC1(C)OB(CC=C2CCCCCC2)OC1(C)C. The van der Waals surface area contributed by atoms with Crippen molar-refractivity contribution in [2.45, 2.75) is 83.7 Å². The van der Waals surface area contributed by atoms with E-state index in [2.05, 4.69) is 33.8 Å². The van der Waals surface area contributed by atoms with E-state index in [9.17, 15) is 0 Å². The van der Waals surface area contributed by atoms with Crippen molar-refractivity contribution in [3.63, 3.8) is 0 Å². The first-order chi connectivity index (χ1) is 8.41. The van der Waals surface area contributed by atoms with E-state index in [1.54, 1.807) is 5.57 Å². The molecule has 0 aromatic heterocycles. The summed E-state index contributed by atoms with van der Waals surface area (Å²) in [7, 11) is -0.0641. The molecule has 2 rings (SSSR count). The molecule has 0 radical (unpaired) electrons. The van der Waals surface area contributed by atoms with Gasteiger partial charge in [-0.05, 0) is 53.4 Å². The summed E-state index contributed by atoms with van der Waals surface area (Å²) in [4.78, 5) is 0. The second-order valence-corrected chi connectivity index (χ2v) is 6.70. The molecule has 2 fully saturated rings.